The molecule has 3 aromatic heterocycles. The van der Waals surface area contributed by atoms with Gasteiger partial charge in [-0.3, -0.25) is 4.90 Å². The largest absolute Gasteiger partial charge is 0.388 e. The molecule has 2 fully saturated rings. The Bertz CT molecular complexity index is 1290. The number of likely N-dealkylation sites (tertiary alicyclic amines) is 1. The molecule has 0 amide bonds. The normalized spacial score (nSPS) is 21.3. The number of benzene rings is 1. The number of nitrogens with one attached hydrogen (secondary N) is 1. The minimum absolute atomic E-state index is 0.258. The van der Waals surface area contributed by atoms with Crippen molar-refractivity contribution in [2.45, 2.75) is 32.0 Å². The standard InChI is InChI=1S/C24H27N5O2S/c1-15-11-31-9-8-29(15)23-21-20(16(12-32-21)10-28-13-24(2,30)14-28)26-22(27-23)18-4-3-5-19-17(18)6-7-25-19/h3-7,12,15,25,30H,8-11,13-14H2,1-2H3/t15-/m1/s1. The molecule has 1 aromatic carbocycles. The van der Waals surface area contributed by atoms with Crippen LogP contribution in [-0.2, 0) is 11.3 Å². The van der Waals surface area contributed by atoms with Gasteiger partial charge in [-0.2, -0.15) is 0 Å². The topological polar surface area (TPSA) is 77.5 Å². The summed E-state index contributed by atoms with van der Waals surface area (Å²) in [6, 6.07) is 8.58. The first-order valence-corrected chi connectivity index (χ1v) is 12.0. The van der Waals surface area contributed by atoms with Crippen LogP contribution in [0.15, 0.2) is 35.8 Å². The highest BCUT2D eigenvalue weighted by Crippen LogP contribution is 2.38. The quantitative estimate of drug-likeness (QED) is 0.495. The number of hydrogen-bond acceptors (Lipinski definition) is 7. The SMILES string of the molecule is C[C@@H]1COCCN1c1nc(-c2cccc3[nH]ccc23)nc2c(CN3CC(C)(O)C3)csc12. The third-order valence-corrected chi connectivity index (χ3v) is 7.48. The smallest absolute Gasteiger partial charge is 0.162 e. The van der Waals surface area contributed by atoms with Crippen molar-refractivity contribution >= 4 is 38.3 Å². The van der Waals surface area contributed by atoms with Crippen LogP contribution in [0.1, 0.15) is 19.4 Å². The second kappa shape index (κ2) is 7.52. The van der Waals surface area contributed by atoms with Crippen LogP contribution in [0.3, 0.4) is 0 Å². The van der Waals surface area contributed by atoms with Crippen molar-refractivity contribution < 1.29 is 9.84 Å². The van der Waals surface area contributed by atoms with E-state index in [0.717, 1.165) is 51.4 Å². The minimum atomic E-state index is -0.579. The lowest BCUT2D eigenvalue weighted by Gasteiger charge is -2.44. The van der Waals surface area contributed by atoms with Gasteiger partial charge in [-0.1, -0.05) is 12.1 Å². The fraction of sp³-hybridized carbons (Fsp3) is 0.417. The highest BCUT2D eigenvalue weighted by molar-refractivity contribution is 7.18. The summed E-state index contributed by atoms with van der Waals surface area (Å²) < 4.78 is 6.82. The van der Waals surface area contributed by atoms with Gasteiger partial charge in [0.1, 0.15) is 0 Å². The summed E-state index contributed by atoms with van der Waals surface area (Å²) in [5.74, 6) is 1.76. The van der Waals surface area contributed by atoms with Gasteiger partial charge in [-0.25, -0.2) is 9.97 Å². The molecule has 7 nitrogen and oxygen atoms in total. The number of nitrogens with zero attached hydrogens (tertiary/aromatic N) is 4. The third-order valence-electron chi connectivity index (χ3n) is 6.47. The number of rotatable bonds is 4. The predicted octanol–water partition coefficient (Wildman–Crippen LogP) is 3.63. The molecule has 0 unspecified atom stereocenters. The fourth-order valence-electron chi connectivity index (χ4n) is 4.97. The maximum atomic E-state index is 10.2. The Morgan fingerprint density at radius 2 is 2.16 bits per heavy atom. The van der Waals surface area contributed by atoms with Gasteiger partial charge >= 0.3 is 0 Å². The van der Waals surface area contributed by atoms with Crippen LogP contribution < -0.4 is 4.90 Å². The Morgan fingerprint density at radius 1 is 1.28 bits per heavy atom. The molecule has 1 atom stereocenters. The van der Waals surface area contributed by atoms with E-state index in [2.05, 4.69) is 51.4 Å². The molecule has 166 valence electrons. The molecule has 4 aromatic rings. The number of thiophene rings is 1. The lowest BCUT2D eigenvalue weighted by atomic mass is 9.96. The molecular formula is C24H27N5O2S. The van der Waals surface area contributed by atoms with Crippen LogP contribution in [-0.4, -0.2) is 69.4 Å². The molecule has 0 saturated carbocycles. The number of H-pyrrole nitrogens is 1. The molecule has 2 aliphatic heterocycles. The highest BCUT2D eigenvalue weighted by atomic mass is 32.1. The minimum Gasteiger partial charge on any atom is -0.388 e. The van der Waals surface area contributed by atoms with Crippen LogP contribution in [0, 0.1) is 0 Å². The summed E-state index contributed by atoms with van der Waals surface area (Å²) in [4.78, 5) is 18.2. The zero-order valence-electron chi connectivity index (χ0n) is 18.3. The van der Waals surface area contributed by atoms with Gasteiger partial charge in [-0.05, 0) is 31.4 Å². The maximum absolute atomic E-state index is 10.2. The van der Waals surface area contributed by atoms with Crippen LogP contribution in [0.25, 0.3) is 32.5 Å². The number of anilines is 1. The van der Waals surface area contributed by atoms with E-state index in [1.54, 1.807) is 11.3 Å². The lowest BCUT2D eigenvalue weighted by Crippen LogP contribution is -2.59. The second-order valence-electron chi connectivity index (χ2n) is 9.31. The maximum Gasteiger partial charge on any atom is 0.162 e. The van der Waals surface area contributed by atoms with Gasteiger partial charge in [-0.15, -0.1) is 11.3 Å². The van der Waals surface area contributed by atoms with Gasteiger partial charge in [0, 0.05) is 54.4 Å². The summed E-state index contributed by atoms with van der Waals surface area (Å²) in [5, 5.41) is 13.5. The van der Waals surface area contributed by atoms with E-state index in [9.17, 15) is 5.11 Å². The molecule has 8 heteroatoms. The molecule has 2 saturated heterocycles. The van der Waals surface area contributed by atoms with Crippen molar-refractivity contribution in [2.24, 2.45) is 0 Å². The third kappa shape index (κ3) is 3.38. The van der Waals surface area contributed by atoms with E-state index < -0.39 is 5.60 Å². The monoisotopic (exact) mass is 449 g/mol. The molecule has 5 heterocycles. The van der Waals surface area contributed by atoms with Crippen molar-refractivity contribution in [3.8, 4) is 11.4 Å². The molecule has 0 radical (unpaired) electrons. The number of ether oxygens (including phenoxy) is 1. The molecule has 32 heavy (non-hydrogen) atoms. The summed E-state index contributed by atoms with van der Waals surface area (Å²) in [7, 11) is 0. The lowest BCUT2D eigenvalue weighted by molar-refractivity contribution is -0.0869. The van der Waals surface area contributed by atoms with Crippen molar-refractivity contribution in [1.29, 1.82) is 0 Å². The van der Waals surface area contributed by atoms with Gasteiger partial charge in [0.15, 0.2) is 11.6 Å². The Labute approximate surface area is 190 Å². The fourth-order valence-corrected chi connectivity index (χ4v) is 5.97. The number of hydrogen-bond donors (Lipinski definition) is 2. The highest BCUT2D eigenvalue weighted by Gasteiger charge is 2.36. The summed E-state index contributed by atoms with van der Waals surface area (Å²) in [6.45, 7) is 8.50. The van der Waals surface area contributed by atoms with E-state index in [0.29, 0.717) is 26.3 Å². The second-order valence-corrected chi connectivity index (χ2v) is 10.2. The van der Waals surface area contributed by atoms with Crippen molar-refractivity contribution in [3.63, 3.8) is 0 Å². The Kier molecular flexibility index (Phi) is 4.73. The van der Waals surface area contributed by atoms with E-state index in [4.69, 9.17) is 14.7 Å². The Hall–Kier alpha value is -2.52. The van der Waals surface area contributed by atoms with Gasteiger partial charge in [0.05, 0.1) is 35.1 Å². The van der Waals surface area contributed by atoms with Gasteiger partial charge in [0.2, 0.25) is 0 Å². The molecule has 2 aliphatic rings. The molecule has 0 spiro atoms. The van der Waals surface area contributed by atoms with Crippen LogP contribution >= 0.6 is 11.3 Å². The number of morpholine rings is 1. The first-order valence-electron chi connectivity index (χ1n) is 11.1. The molecule has 6 rings (SSSR count). The molecular weight excluding hydrogens is 422 g/mol. The van der Waals surface area contributed by atoms with E-state index >= 15 is 0 Å². The first-order chi connectivity index (χ1) is 15.5. The molecule has 0 bridgehead atoms. The van der Waals surface area contributed by atoms with Crippen LogP contribution in [0.4, 0.5) is 5.82 Å². The van der Waals surface area contributed by atoms with Crippen LogP contribution in [0.5, 0.6) is 0 Å². The number of β-amino-alcohol motifs (C(OH)–C–C–N with tert-alkyl or cyclic N) is 1. The van der Waals surface area contributed by atoms with Gasteiger partial charge in [0.25, 0.3) is 0 Å². The molecule has 0 aliphatic carbocycles. The van der Waals surface area contributed by atoms with E-state index in [1.165, 1.54) is 5.56 Å². The van der Waals surface area contributed by atoms with Crippen molar-refractivity contribution in [3.05, 3.63) is 41.4 Å². The van der Waals surface area contributed by atoms with E-state index in [1.807, 2.05) is 13.1 Å². The summed E-state index contributed by atoms with van der Waals surface area (Å²) >= 11 is 1.72. The summed E-state index contributed by atoms with van der Waals surface area (Å²) in [6.07, 6.45) is 1.96. The zero-order chi connectivity index (χ0) is 21.9. The van der Waals surface area contributed by atoms with Crippen molar-refractivity contribution in [1.82, 2.24) is 19.9 Å². The number of aromatic amines is 1. The predicted molar refractivity (Wildman–Crippen MR) is 128 cm³/mol. The number of aliphatic hydroxyl groups is 1. The van der Waals surface area contributed by atoms with Crippen LogP contribution in [0.2, 0.25) is 0 Å². The Balaban J connectivity index is 1.50. The van der Waals surface area contributed by atoms with E-state index in [-0.39, 0.29) is 6.04 Å². The molecule has 2 N–H and O–H groups in total. The number of aromatic nitrogens is 3. The van der Waals surface area contributed by atoms with Gasteiger partial charge < -0.3 is 19.7 Å². The summed E-state index contributed by atoms with van der Waals surface area (Å²) in [5.41, 5.74) is 3.77. The first kappa shape index (κ1) is 20.1. The average Bonchev–Trinajstić information content (AvgIpc) is 3.39. The van der Waals surface area contributed by atoms with Crippen molar-refractivity contribution in [2.75, 3.05) is 37.7 Å². The number of fused-ring (bicyclic) bond motifs is 2. The Morgan fingerprint density at radius 3 is 2.97 bits per heavy atom. The zero-order valence-corrected chi connectivity index (χ0v) is 19.2. The average molecular weight is 450 g/mol.